The molecule has 0 atom stereocenters. The summed E-state index contributed by atoms with van der Waals surface area (Å²) in [4.78, 5) is 11.4. The van der Waals surface area contributed by atoms with Crippen molar-refractivity contribution >= 4 is 17.3 Å². The maximum absolute atomic E-state index is 5.39. The highest BCUT2D eigenvalue weighted by Crippen LogP contribution is 2.27. The van der Waals surface area contributed by atoms with Crippen molar-refractivity contribution in [3.8, 4) is 5.75 Å². The summed E-state index contributed by atoms with van der Waals surface area (Å²) in [6.07, 6.45) is 2.19. The molecule has 0 unspecified atom stereocenters. The first-order chi connectivity index (χ1) is 11.2. The predicted octanol–water partition coefficient (Wildman–Crippen LogP) is 4.16. The lowest BCUT2D eigenvalue weighted by molar-refractivity contribution is 0.417. The average Bonchev–Trinajstić information content (AvgIpc) is 2.54. The van der Waals surface area contributed by atoms with Crippen molar-refractivity contribution in [3.63, 3.8) is 0 Å². The number of aromatic nitrogens is 2. The van der Waals surface area contributed by atoms with E-state index in [0.717, 1.165) is 54.8 Å². The highest BCUT2D eigenvalue weighted by molar-refractivity contribution is 5.65. The fourth-order valence-electron chi connectivity index (χ4n) is 2.54. The molecule has 0 amide bonds. The Bertz CT molecular complexity index is 624. The van der Waals surface area contributed by atoms with Gasteiger partial charge in [0.1, 0.15) is 23.2 Å². The molecule has 0 aliphatic carbocycles. The minimum Gasteiger partial charge on any atom is -0.495 e. The number of benzene rings is 1. The van der Waals surface area contributed by atoms with E-state index in [-0.39, 0.29) is 0 Å². The third kappa shape index (κ3) is 4.58. The van der Waals surface area contributed by atoms with Crippen LogP contribution >= 0.6 is 0 Å². The molecule has 5 heteroatoms. The molecular weight excluding hydrogens is 288 g/mol. The molecule has 1 N–H and O–H groups in total. The Labute approximate surface area is 138 Å². The van der Waals surface area contributed by atoms with Crippen LogP contribution in [-0.2, 0) is 0 Å². The van der Waals surface area contributed by atoms with Gasteiger partial charge in [-0.25, -0.2) is 9.97 Å². The number of aryl methyl sites for hydroxylation is 1. The molecule has 0 radical (unpaired) electrons. The van der Waals surface area contributed by atoms with Gasteiger partial charge < -0.3 is 15.0 Å². The van der Waals surface area contributed by atoms with Crippen LogP contribution in [0.3, 0.4) is 0 Å². The summed E-state index contributed by atoms with van der Waals surface area (Å²) in [5, 5.41) is 3.34. The first kappa shape index (κ1) is 17.1. The molecule has 0 saturated heterocycles. The first-order valence-electron chi connectivity index (χ1n) is 8.18. The van der Waals surface area contributed by atoms with Gasteiger partial charge in [0.25, 0.3) is 0 Å². The molecule has 2 aromatic rings. The van der Waals surface area contributed by atoms with Crippen LogP contribution < -0.4 is 15.0 Å². The third-order valence-corrected chi connectivity index (χ3v) is 3.51. The average molecular weight is 314 g/mol. The Kier molecular flexibility index (Phi) is 6.20. The summed E-state index contributed by atoms with van der Waals surface area (Å²) < 4.78 is 5.39. The van der Waals surface area contributed by atoms with E-state index in [9.17, 15) is 0 Å². The zero-order valence-corrected chi connectivity index (χ0v) is 14.5. The number of nitrogens with zero attached hydrogens (tertiary/aromatic N) is 3. The van der Waals surface area contributed by atoms with Gasteiger partial charge in [-0.15, -0.1) is 0 Å². The zero-order valence-electron chi connectivity index (χ0n) is 14.5. The molecule has 0 saturated carbocycles. The molecule has 0 spiro atoms. The van der Waals surface area contributed by atoms with Crippen LogP contribution in [0.5, 0.6) is 5.75 Å². The second-order valence-corrected chi connectivity index (χ2v) is 5.47. The zero-order chi connectivity index (χ0) is 16.7. The quantitative estimate of drug-likeness (QED) is 0.792. The van der Waals surface area contributed by atoms with Crippen molar-refractivity contribution in [2.24, 2.45) is 0 Å². The molecule has 124 valence electrons. The van der Waals surface area contributed by atoms with Crippen molar-refractivity contribution in [3.05, 3.63) is 36.2 Å². The Balaban J connectivity index is 2.29. The number of nitrogens with one attached hydrogen (secondary N) is 1. The van der Waals surface area contributed by atoms with Crippen molar-refractivity contribution in [2.75, 3.05) is 30.4 Å². The molecule has 0 aliphatic rings. The second-order valence-electron chi connectivity index (χ2n) is 5.47. The monoisotopic (exact) mass is 314 g/mol. The second kappa shape index (κ2) is 8.36. The van der Waals surface area contributed by atoms with E-state index in [1.165, 1.54) is 0 Å². The maximum atomic E-state index is 5.39. The van der Waals surface area contributed by atoms with Gasteiger partial charge in [0.05, 0.1) is 12.8 Å². The summed E-state index contributed by atoms with van der Waals surface area (Å²) in [5.41, 5.74) is 0.900. The Morgan fingerprint density at radius 2 is 1.78 bits per heavy atom. The highest BCUT2D eigenvalue weighted by Gasteiger charge is 2.10. The number of hydrogen-bond acceptors (Lipinski definition) is 5. The van der Waals surface area contributed by atoms with Crippen molar-refractivity contribution in [1.29, 1.82) is 0 Å². The largest absolute Gasteiger partial charge is 0.495 e. The van der Waals surface area contributed by atoms with Crippen LogP contribution in [0.1, 0.15) is 32.5 Å². The topological polar surface area (TPSA) is 50.3 Å². The minimum atomic E-state index is 0.761. The molecule has 23 heavy (non-hydrogen) atoms. The highest BCUT2D eigenvalue weighted by atomic mass is 16.5. The molecule has 5 nitrogen and oxygen atoms in total. The first-order valence-corrected chi connectivity index (χ1v) is 8.18. The summed E-state index contributed by atoms with van der Waals surface area (Å²) in [6, 6.07) is 9.83. The molecule has 1 heterocycles. The van der Waals surface area contributed by atoms with Crippen molar-refractivity contribution in [1.82, 2.24) is 9.97 Å². The van der Waals surface area contributed by atoms with E-state index in [4.69, 9.17) is 4.74 Å². The van der Waals surface area contributed by atoms with Crippen molar-refractivity contribution < 1.29 is 4.74 Å². The van der Waals surface area contributed by atoms with Crippen LogP contribution in [0, 0.1) is 6.92 Å². The van der Waals surface area contributed by atoms with Gasteiger partial charge in [-0.1, -0.05) is 26.0 Å². The maximum Gasteiger partial charge on any atom is 0.142 e. The van der Waals surface area contributed by atoms with Gasteiger partial charge in [-0.2, -0.15) is 0 Å². The lowest BCUT2D eigenvalue weighted by Crippen LogP contribution is -2.26. The molecule has 1 aromatic heterocycles. The van der Waals surface area contributed by atoms with Crippen LogP contribution in [0.15, 0.2) is 30.3 Å². The van der Waals surface area contributed by atoms with E-state index in [1.807, 2.05) is 37.3 Å². The van der Waals surface area contributed by atoms with Crippen LogP contribution in [0.4, 0.5) is 17.3 Å². The van der Waals surface area contributed by atoms with Gasteiger partial charge in [0, 0.05) is 19.2 Å². The standard InChI is InChI=1S/C18H26N4O/c1-5-11-22(12-6-2)18-13-17(19-14(3)20-18)21-15-9-7-8-10-16(15)23-4/h7-10,13H,5-6,11-12H2,1-4H3,(H,19,20,21). The number of rotatable bonds is 8. The number of hydrogen-bond donors (Lipinski definition) is 1. The third-order valence-electron chi connectivity index (χ3n) is 3.51. The van der Waals surface area contributed by atoms with E-state index >= 15 is 0 Å². The van der Waals surface area contributed by atoms with Gasteiger partial charge in [-0.05, 0) is 31.9 Å². The number of anilines is 3. The molecule has 0 aliphatic heterocycles. The smallest absolute Gasteiger partial charge is 0.142 e. The predicted molar refractivity (Wildman–Crippen MR) is 95.8 cm³/mol. The van der Waals surface area contributed by atoms with Crippen LogP contribution in [-0.4, -0.2) is 30.2 Å². The Morgan fingerprint density at radius 1 is 1.09 bits per heavy atom. The van der Waals surface area contributed by atoms with Crippen LogP contribution in [0.25, 0.3) is 0 Å². The van der Waals surface area contributed by atoms with E-state index in [1.54, 1.807) is 7.11 Å². The molecule has 0 fully saturated rings. The van der Waals surface area contributed by atoms with Gasteiger partial charge in [0.15, 0.2) is 0 Å². The minimum absolute atomic E-state index is 0.761. The number of ether oxygens (including phenoxy) is 1. The summed E-state index contributed by atoms with van der Waals surface area (Å²) in [6.45, 7) is 8.29. The fourth-order valence-corrected chi connectivity index (χ4v) is 2.54. The normalized spacial score (nSPS) is 10.4. The van der Waals surface area contributed by atoms with E-state index < -0.39 is 0 Å². The number of para-hydroxylation sites is 2. The molecule has 0 bridgehead atoms. The Hall–Kier alpha value is -2.30. The lowest BCUT2D eigenvalue weighted by Gasteiger charge is -2.23. The SMILES string of the molecule is CCCN(CCC)c1cc(Nc2ccccc2OC)nc(C)n1. The van der Waals surface area contributed by atoms with Gasteiger partial charge >= 0.3 is 0 Å². The lowest BCUT2D eigenvalue weighted by atomic mass is 10.3. The van der Waals surface area contributed by atoms with E-state index in [2.05, 4.69) is 34.0 Å². The molecular formula is C18H26N4O. The van der Waals surface area contributed by atoms with Gasteiger partial charge in [0.2, 0.25) is 0 Å². The fraction of sp³-hybridized carbons (Fsp3) is 0.444. The molecule has 2 rings (SSSR count). The molecule has 1 aromatic carbocycles. The van der Waals surface area contributed by atoms with Crippen molar-refractivity contribution in [2.45, 2.75) is 33.6 Å². The summed E-state index contributed by atoms with van der Waals surface area (Å²) in [5.74, 6) is 3.31. The summed E-state index contributed by atoms with van der Waals surface area (Å²) in [7, 11) is 1.67. The Morgan fingerprint density at radius 3 is 2.43 bits per heavy atom. The van der Waals surface area contributed by atoms with Gasteiger partial charge in [-0.3, -0.25) is 0 Å². The van der Waals surface area contributed by atoms with E-state index in [0.29, 0.717) is 0 Å². The number of methoxy groups -OCH3 is 1. The van der Waals surface area contributed by atoms with Crippen LogP contribution in [0.2, 0.25) is 0 Å². The summed E-state index contributed by atoms with van der Waals surface area (Å²) >= 11 is 0.